The molecule has 0 spiro atoms. The van der Waals surface area contributed by atoms with Crippen LogP contribution in [0.25, 0.3) is 0 Å². The largest absolute Gasteiger partial charge is 0.463 e. The lowest BCUT2D eigenvalue weighted by molar-refractivity contribution is -0.154. The number of ether oxygens (including phenoxy) is 5. The van der Waals surface area contributed by atoms with E-state index in [1.807, 2.05) is 0 Å². The van der Waals surface area contributed by atoms with Crippen molar-refractivity contribution >= 4 is 64.2 Å². The predicted molar refractivity (Wildman–Crippen MR) is 364 cm³/mol. The van der Waals surface area contributed by atoms with Crippen LogP contribution in [-0.2, 0) is 66.8 Å². The fourth-order valence-corrected chi connectivity index (χ4v) is 9.59. The van der Waals surface area contributed by atoms with Crippen molar-refractivity contribution in [3.8, 4) is 0 Å². The third kappa shape index (κ3) is 86.2. The Bertz CT molecular complexity index is 1590. The number of ketones is 2. The van der Waals surface area contributed by atoms with E-state index in [1.165, 1.54) is 199 Å². The lowest BCUT2D eigenvalue weighted by atomic mass is 10.1. The molecule has 1 heterocycles. The van der Waals surface area contributed by atoms with E-state index in [2.05, 4.69) is 39.4 Å². The third-order valence-electron chi connectivity index (χ3n) is 15.2. The molecule has 0 aliphatic carbocycles. The quantitative estimate of drug-likeness (QED) is 0.0168. The smallest absolute Gasteiger partial charge is 0.314 e. The molecule has 0 aromatic carbocycles. The van der Waals surface area contributed by atoms with Gasteiger partial charge in [0, 0.05) is 32.1 Å². The molecule has 0 aromatic rings. The zero-order valence-corrected chi connectivity index (χ0v) is 59.3. The summed E-state index contributed by atoms with van der Waals surface area (Å²) in [5.41, 5.74) is 0. The first-order chi connectivity index (χ1) is 44.1. The molecule has 0 bridgehead atoms. The summed E-state index contributed by atoms with van der Waals surface area (Å²) in [7, 11) is 0. The highest BCUT2D eigenvalue weighted by Gasteiger charge is 2.19. The van der Waals surface area contributed by atoms with Crippen molar-refractivity contribution in [2.75, 3.05) is 39.6 Å². The number of aliphatic hydroxyl groups is 3. The topological polar surface area (TPSA) is 260 Å². The summed E-state index contributed by atoms with van der Waals surface area (Å²) < 4.78 is 24.2. The Balaban J connectivity index is -0.000000592. The number of unbranched alkanes of at least 4 members (excludes halogenated alkanes) is 40. The highest BCUT2D eigenvalue weighted by atomic mass is 35.5. The van der Waals surface area contributed by atoms with Gasteiger partial charge in [-0.3, -0.25) is 43.2 Å². The van der Waals surface area contributed by atoms with Crippen LogP contribution in [0.3, 0.4) is 0 Å². The molecule has 17 nitrogen and oxygen atoms in total. The molecule has 1 saturated heterocycles. The highest BCUT2D eigenvalue weighted by Crippen LogP contribution is 2.16. The van der Waals surface area contributed by atoms with E-state index in [-0.39, 0.29) is 74.2 Å². The van der Waals surface area contributed by atoms with E-state index in [1.54, 1.807) is 0 Å². The molecule has 0 aromatic heterocycles. The first-order valence-electron chi connectivity index (χ1n) is 36.5. The minimum absolute atomic E-state index is 0.110. The molecule has 0 amide bonds. The molecule has 536 valence electrons. The van der Waals surface area contributed by atoms with Crippen LogP contribution in [0, 0.1) is 0 Å². The Kier molecular flexibility index (Phi) is 80.9. The number of halogens is 1. The molecule has 1 rings (SSSR count). The second-order valence-corrected chi connectivity index (χ2v) is 24.7. The van der Waals surface area contributed by atoms with Crippen molar-refractivity contribution in [3.63, 3.8) is 0 Å². The molecule has 1 aliphatic heterocycles. The van der Waals surface area contributed by atoms with Gasteiger partial charge in [0.25, 0.3) is 0 Å². The standard InChI is InChI=1S/C27H52O5.C27H50O5.C12H23ClO.C4H4O3.C3H6O3/c2*1-3-5-7-9-11-13-15-17-19-21-26(29)31-23-25(28)24-32-27(30)22-20-18-16-14-12-10-8-6-4-2;1-2-3-4-5-6-7-8-9-10-11-12(13)14;5-3-1-2-4(6)7-3;4-1-3(6)2-5/h25,28H,3-24H2,1-2H3;3-24H2,1-2H3;2-11H2,1H3;1-2H2;4-5H,1-2H2. The molecule has 1 aliphatic rings. The van der Waals surface area contributed by atoms with Crippen LogP contribution >= 0.6 is 11.6 Å². The summed E-state index contributed by atoms with van der Waals surface area (Å²) in [6.07, 6.45) is 56.1. The van der Waals surface area contributed by atoms with Gasteiger partial charge < -0.3 is 39.0 Å². The van der Waals surface area contributed by atoms with Gasteiger partial charge in [0.1, 0.15) is 32.5 Å². The average molecular weight is 1320 g/mol. The maximum atomic E-state index is 11.8. The number of rotatable bonds is 60. The Morgan fingerprint density at radius 2 is 0.549 bits per heavy atom. The summed E-state index contributed by atoms with van der Waals surface area (Å²) >= 11 is 5.24. The minimum Gasteiger partial charge on any atom is -0.463 e. The molecule has 18 heteroatoms. The fraction of sp³-hybridized carbons (Fsp3) is 0.877. The summed E-state index contributed by atoms with van der Waals surface area (Å²) in [5, 5.41) is 25.3. The van der Waals surface area contributed by atoms with Gasteiger partial charge in [0.15, 0.2) is 19.0 Å². The van der Waals surface area contributed by atoms with Gasteiger partial charge in [-0.2, -0.15) is 0 Å². The molecule has 0 unspecified atom stereocenters. The molecule has 3 N–H and O–H groups in total. The van der Waals surface area contributed by atoms with Crippen molar-refractivity contribution in [1.29, 1.82) is 0 Å². The Morgan fingerprint density at radius 3 is 0.736 bits per heavy atom. The molecule has 0 saturated carbocycles. The second-order valence-electron chi connectivity index (χ2n) is 24.3. The summed E-state index contributed by atoms with van der Waals surface area (Å²) in [5.74, 6) is -2.97. The van der Waals surface area contributed by atoms with Crippen LogP contribution in [-0.4, -0.2) is 114 Å². The summed E-state index contributed by atoms with van der Waals surface area (Å²) in [6.45, 7) is 9.19. The molecule has 0 atom stereocenters. The van der Waals surface area contributed by atoms with Crippen molar-refractivity contribution < 1.29 is 82.2 Å². The second kappa shape index (κ2) is 78.6. The lowest BCUT2D eigenvalue weighted by Gasteiger charge is -2.12. The van der Waals surface area contributed by atoms with E-state index in [9.17, 15) is 48.3 Å². The van der Waals surface area contributed by atoms with Crippen molar-refractivity contribution in [2.45, 2.75) is 375 Å². The highest BCUT2D eigenvalue weighted by molar-refractivity contribution is 6.63. The zero-order chi connectivity index (χ0) is 68.3. The third-order valence-corrected chi connectivity index (χ3v) is 15.4. The van der Waals surface area contributed by atoms with Crippen molar-refractivity contribution in [3.05, 3.63) is 0 Å². The number of hydrogen-bond donors (Lipinski definition) is 3. The Morgan fingerprint density at radius 1 is 0.341 bits per heavy atom. The van der Waals surface area contributed by atoms with Gasteiger partial charge >= 0.3 is 35.8 Å². The zero-order valence-electron chi connectivity index (χ0n) is 58.5. The van der Waals surface area contributed by atoms with E-state index in [0.29, 0.717) is 32.1 Å². The number of aliphatic hydroxyl groups excluding tert-OH is 3. The van der Waals surface area contributed by atoms with Crippen molar-refractivity contribution in [2.24, 2.45) is 0 Å². The van der Waals surface area contributed by atoms with Crippen LogP contribution in [0.1, 0.15) is 369 Å². The molecular weight excluding hydrogens is 1180 g/mol. The minimum atomic E-state index is -0.950. The van der Waals surface area contributed by atoms with Gasteiger partial charge in [0.05, 0.1) is 12.8 Å². The Hall–Kier alpha value is -3.80. The van der Waals surface area contributed by atoms with E-state index in [0.717, 1.165) is 89.9 Å². The number of carbonyl (C=O) groups excluding carboxylic acids is 9. The van der Waals surface area contributed by atoms with Crippen LogP contribution in [0.2, 0.25) is 0 Å². The van der Waals surface area contributed by atoms with Gasteiger partial charge in [-0.15, -0.1) is 0 Å². The molecule has 91 heavy (non-hydrogen) atoms. The van der Waals surface area contributed by atoms with Gasteiger partial charge in [-0.25, -0.2) is 0 Å². The first-order valence-corrected chi connectivity index (χ1v) is 36.9. The number of carbonyl (C=O) groups is 9. The summed E-state index contributed by atoms with van der Waals surface area (Å²) in [4.78, 5) is 98.8. The number of Topliss-reactive ketones (excluding diaryl/α,β-unsaturated/α-hetero) is 2. The van der Waals surface area contributed by atoms with Gasteiger partial charge in [-0.05, 0) is 43.7 Å². The molecule has 1 fully saturated rings. The van der Waals surface area contributed by atoms with Crippen LogP contribution in [0.15, 0.2) is 0 Å². The maximum absolute atomic E-state index is 11.8. The number of hydrogen-bond acceptors (Lipinski definition) is 17. The van der Waals surface area contributed by atoms with E-state index < -0.39 is 37.0 Å². The van der Waals surface area contributed by atoms with E-state index >= 15 is 0 Å². The summed E-state index contributed by atoms with van der Waals surface area (Å²) in [6, 6.07) is 0. The van der Waals surface area contributed by atoms with Crippen LogP contribution in [0.5, 0.6) is 0 Å². The molecular formula is C73H135ClO17. The maximum Gasteiger partial charge on any atom is 0.314 e. The predicted octanol–water partition coefficient (Wildman–Crippen LogP) is 17.8. The van der Waals surface area contributed by atoms with Crippen molar-refractivity contribution in [1.82, 2.24) is 0 Å². The SMILES string of the molecule is CCCCCCCCCCCC(=O)Cl.CCCCCCCCCCCC(=O)OCC(=O)COC(=O)CCCCCCCCCCC.CCCCCCCCCCCC(=O)OCC(O)COC(=O)CCCCCCCCCCC.O=C(CO)CO.O=C1CCC(=O)O1. The number of cyclic esters (lactones) is 2. The molecule has 0 radical (unpaired) electrons. The first kappa shape index (κ1) is 93.6. The van der Waals surface area contributed by atoms with Crippen LogP contribution in [0.4, 0.5) is 0 Å². The lowest BCUT2D eigenvalue weighted by Crippen LogP contribution is -2.25. The monoisotopic (exact) mass is 1320 g/mol. The fourth-order valence-electron chi connectivity index (χ4n) is 9.46. The normalized spacial score (nSPS) is 11.4. The number of esters is 6. The Labute approximate surface area is 558 Å². The van der Waals surface area contributed by atoms with Crippen LogP contribution < -0.4 is 0 Å². The van der Waals surface area contributed by atoms with E-state index in [4.69, 9.17) is 40.8 Å². The van der Waals surface area contributed by atoms with Gasteiger partial charge in [0.2, 0.25) is 11.0 Å². The van der Waals surface area contributed by atoms with Gasteiger partial charge in [-0.1, -0.05) is 291 Å². The average Bonchev–Trinajstić information content (AvgIpc) is 4.25.